The zero-order valence-electron chi connectivity index (χ0n) is 11.1. The van der Waals surface area contributed by atoms with Crippen LogP contribution in [0.2, 0.25) is 0 Å². The Morgan fingerprint density at radius 2 is 1.57 bits per heavy atom. The molecule has 4 nitrogen and oxygen atoms in total. The predicted molar refractivity (Wildman–Crippen MR) is 67.2 cm³/mol. The maximum atomic E-state index is 13.6. The van der Waals surface area contributed by atoms with Gasteiger partial charge in [-0.05, 0) is 12.8 Å². The summed E-state index contributed by atoms with van der Waals surface area (Å²) in [5, 5.41) is 11.5. The standard InChI is InChI=1S/C14H14F3NO3/c15-8-6-9(16)11(10(17)7-8)12(19)18-14(13(20)21)4-2-1-3-5-14/h6-7H,1-5H2,(H,18,19)(H,20,21). The molecule has 114 valence electrons. The molecule has 1 aromatic carbocycles. The number of carboxylic acid groups (broad SMARTS) is 1. The molecule has 0 aromatic heterocycles. The first-order valence-electron chi connectivity index (χ1n) is 6.56. The van der Waals surface area contributed by atoms with E-state index < -0.39 is 40.4 Å². The minimum absolute atomic E-state index is 0.193. The summed E-state index contributed by atoms with van der Waals surface area (Å²) in [6.45, 7) is 0. The average Bonchev–Trinajstić information content (AvgIpc) is 2.38. The summed E-state index contributed by atoms with van der Waals surface area (Å²) in [7, 11) is 0. The van der Waals surface area contributed by atoms with Gasteiger partial charge in [-0.2, -0.15) is 0 Å². The van der Waals surface area contributed by atoms with Gasteiger partial charge in [-0.15, -0.1) is 0 Å². The molecule has 2 rings (SSSR count). The number of carboxylic acids is 1. The molecular weight excluding hydrogens is 287 g/mol. The second-order valence-electron chi connectivity index (χ2n) is 5.15. The van der Waals surface area contributed by atoms with E-state index in [-0.39, 0.29) is 12.8 Å². The monoisotopic (exact) mass is 301 g/mol. The number of benzene rings is 1. The zero-order chi connectivity index (χ0) is 15.6. The maximum Gasteiger partial charge on any atom is 0.329 e. The van der Waals surface area contributed by atoms with Crippen molar-refractivity contribution >= 4 is 11.9 Å². The van der Waals surface area contributed by atoms with Gasteiger partial charge in [0.05, 0.1) is 0 Å². The highest BCUT2D eigenvalue weighted by molar-refractivity contribution is 5.98. The topological polar surface area (TPSA) is 66.4 Å². The van der Waals surface area contributed by atoms with E-state index in [1.807, 2.05) is 0 Å². The van der Waals surface area contributed by atoms with Gasteiger partial charge in [0.15, 0.2) is 0 Å². The molecule has 1 aliphatic rings. The summed E-state index contributed by atoms with van der Waals surface area (Å²) in [6.07, 6.45) is 2.42. The molecule has 1 amide bonds. The molecule has 0 aliphatic heterocycles. The lowest BCUT2D eigenvalue weighted by Crippen LogP contribution is -2.55. The molecule has 1 aromatic rings. The lowest BCUT2D eigenvalue weighted by Gasteiger charge is -2.34. The van der Waals surface area contributed by atoms with Crippen molar-refractivity contribution in [3.8, 4) is 0 Å². The summed E-state index contributed by atoms with van der Waals surface area (Å²) >= 11 is 0. The smallest absolute Gasteiger partial charge is 0.329 e. The molecule has 0 saturated heterocycles. The van der Waals surface area contributed by atoms with Gasteiger partial charge in [0.25, 0.3) is 5.91 Å². The number of hydrogen-bond donors (Lipinski definition) is 2. The molecule has 0 spiro atoms. The van der Waals surface area contributed by atoms with E-state index in [4.69, 9.17) is 0 Å². The molecule has 0 unspecified atom stereocenters. The summed E-state index contributed by atoms with van der Waals surface area (Å²) in [6, 6.07) is 0.763. The van der Waals surface area contributed by atoms with Crippen molar-refractivity contribution in [2.75, 3.05) is 0 Å². The van der Waals surface area contributed by atoms with Gasteiger partial charge in [-0.25, -0.2) is 18.0 Å². The number of rotatable bonds is 3. The van der Waals surface area contributed by atoms with Gasteiger partial charge < -0.3 is 10.4 Å². The van der Waals surface area contributed by atoms with Gasteiger partial charge >= 0.3 is 5.97 Å². The van der Waals surface area contributed by atoms with E-state index >= 15 is 0 Å². The first kappa shape index (κ1) is 15.3. The summed E-state index contributed by atoms with van der Waals surface area (Å²) in [4.78, 5) is 23.4. The second-order valence-corrected chi connectivity index (χ2v) is 5.15. The molecule has 21 heavy (non-hydrogen) atoms. The number of aliphatic carboxylic acids is 1. The Balaban J connectivity index is 2.30. The van der Waals surface area contributed by atoms with E-state index in [1.165, 1.54) is 0 Å². The van der Waals surface area contributed by atoms with Gasteiger partial charge in [0, 0.05) is 12.1 Å². The highest BCUT2D eigenvalue weighted by atomic mass is 19.1. The summed E-state index contributed by atoms with van der Waals surface area (Å²) < 4.78 is 39.9. The number of carbonyl (C=O) groups excluding carboxylic acids is 1. The van der Waals surface area contributed by atoms with Gasteiger partial charge in [-0.1, -0.05) is 19.3 Å². The normalized spacial score (nSPS) is 17.3. The molecule has 0 radical (unpaired) electrons. The third-order valence-electron chi connectivity index (χ3n) is 3.70. The maximum absolute atomic E-state index is 13.6. The lowest BCUT2D eigenvalue weighted by atomic mass is 9.81. The Hall–Kier alpha value is -2.05. The van der Waals surface area contributed by atoms with Crippen molar-refractivity contribution in [1.82, 2.24) is 5.32 Å². The molecule has 1 fully saturated rings. The molecule has 1 aliphatic carbocycles. The number of halogens is 3. The Morgan fingerprint density at radius 1 is 1.05 bits per heavy atom. The first-order valence-corrected chi connectivity index (χ1v) is 6.56. The summed E-state index contributed by atoms with van der Waals surface area (Å²) in [5.41, 5.74) is -2.50. The minimum atomic E-state index is -1.53. The SMILES string of the molecule is O=C(NC1(C(=O)O)CCCCC1)c1c(F)cc(F)cc1F. The van der Waals surface area contributed by atoms with E-state index in [0.29, 0.717) is 25.0 Å². The van der Waals surface area contributed by atoms with Crippen LogP contribution in [0.3, 0.4) is 0 Å². The fraction of sp³-hybridized carbons (Fsp3) is 0.429. The fourth-order valence-electron chi connectivity index (χ4n) is 2.59. The van der Waals surface area contributed by atoms with Crippen molar-refractivity contribution < 1.29 is 27.9 Å². The minimum Gasteiger partial charge on any atom is -0.480 e. The van der Waals surface area contributed by atoms with Crippen LogP contribution in [0, 0.1) is 17.5 Å². The Morgan fingerprint density at radius 3 is 2.05 bits per heavy atom. The molecule has 1 saturated carbocycles. The van der Waals surface area contributed by atoms with E-state index in [2.05, 4.69) is 5.32 Å². The first-order chi connectivity index (χ1) is 9.85. The lowest BCUT2D eigenvalue weighted by molar-refractivity contribution is -0.145. The molecular formula is C14H14F3NO3. The van der Waals surface area contributed by atoms with E-state index in [1.54, 1.807) is 0 Å². The Labute approximate surface area is 119 Å². The highest BCUT2D eigenvalue weighted by Crippen LogP contribution is 2.29. The summed E-state index contributed by atoms with van der Waals surface area (Å²) in [5.74, 6) is -6.29. The third-order valence-corrected chi connectivity index (χ3v) is 3.70. The largest absolute Gasteiger partial charge is 0.480 e. The van der Waals surface area contributed by atoms with E-state index in [0.717, 1.165) is 6.42 Å². The van der Waals surface area contributed by atoms with Crippen LogP contribution < -0.4 is 5.32 Å². The second kappa shape index (κ2) is 5.75. The van der Waals surface area contributed by atoms with Crippen LogP contribution in [0.5, 0.6) is 0 Å². The van der Waals surface area contributed by atoms with Gasteiger partial charge in [-0.3, -0.25) is 4.79 Å². The third kappa shape index (κ3) is 3.01. The van der Waals surface area contributed by atoms with Crippen LogP contribution >= 0.6 is 0 Å². The van der Waals surface area contributed by atoms with Crippen LogP contribution in [-0.4, -0.2) is 22.5 Å². The Bertz CT molecular complexity index is 560. The van der Waals surface area contributed by atoms with Crippen molar-refractivity contribution in [2.24, 2.45) is 0 Å². The van der Waals surface area contributed by atoms with Crippen molar-refractivity contribution in [1.29, 1.82) is 0 Å². The fourth-order valence-corrected chi connectivity index (χ4v) is 2.59. The van der Waals surface area contributed by atoms with Crippen LogP contribution in [0.4, 0.5) is 13.2 Å². The van der Waals surface area contributed by atoms with Crippen molar-refractivity contribution in [2.45, 2.75) is 37.6 Å². The average molecular weight is 301 g/mol. The molecule has 7 heteroatoms. The van der Waals surface area contributed by atoms with Crippen LogP contribution in [0.15, 0.2) is 12.1 Å². The molecule has 0 heterocycles. The van der Waals surface area contributed by atoms with Crippen molar-refractivity contribution in [3.05, 3.63) is 35.1 Å². The number of nitrogens with one attached hydrogen (secondary N) is 1. The zero-order valence-corrected chi connectivity index (χ0v) is 11.1. The molecule has 0 bridgehead atoms. The number of carbonyl (C=O) groups is 2. The highest BCUT2D eigenvalue weighted by Gasteiger charge is 2.41. The number of amides is 1. The van der Waals surface area contributed by atoms with Crippen molar-refractivity contribution in [3.63, 3.8) is 0 Å². The van der Waals surface area contributed by atoms with Gasteiger partial charge in [0.2, 0.25) is 0 Å². The molecule has 2 N–H and O–H groups in total. The molecule has 0 atom stereocenters. The number of hydrogen-bond acceptors (Lipinski definition) is 2. The van der Waals surface area contributed by atoms with Crippen LogP contribution in [0.25, 0.3) is 0 Å². The predicted octanol–water partition coefficient (Wildman–Crippen LogP) is 2.62. The quantitative estimate of drug-likeness (QED) is 0.902. The van der Waals surface area contributed by atoms with E-state index in [9.17, 15) is 27.9 Å². The Kier molecular flexibility index (Phi) is 4.20. The van der Waals surface area contributed by atoms with Gasteiger partial charge in [0.1, 0.15) is 28.6 Å². The van der Waals surface area contributed by atoms with Crippen LogP contribution in [0.1, 0.15) is 42.5 Å². The van der Waals surface area contributed by atoms with Crippen LogP contribution in [-0.2, 0) is 4.79 Å².